The molecule has 0 spiro atoms. The number of carbonyl (C=O) groups excluding carboxylic acids is 2. The molecule has 1 amide bonds. The van der Waals surface area contributed by atoms with Crippen LogP contribution in [-0.4, -0.2) is 34.8 Å². The molecule has 1 aromatic rings. The van der Waals surface area contributed by atoms with Crippen molar-refractivity contribution >= 4 is 46.3 Å². The normalized spacial score (nSPS) is 14.9. The molecule has 7 heteroatoms. The summed E-state index contributed by atoms with van der Waals surface area (Å²) in [4.78, 5) is 25.6. The van der Waals surface area contributed by atoms with E-state index < -0.39 is 5.91 Å². The van der Waals surface area contributed by atoms with Gasteiger partial charge in [0.05, 0.1) is 5.57 Å². The number of ketones is 1. The van der Waals surface area contributed by atoms with Crippen LogP contribution in [0.1, 0.15) is 6.92 Å². The molecule has 0 bridgehead atoms. The van der Waals surface area contributed by atoms with E-state index in [1.165, 1.54) is 13.1 Å². The minimum atomic E-state index is -0.473. The van der Waals surface area contributed by atoms with E-state index in [1.54, 1.807) is 29.2 Å². The van der Waals surface area contributed by atoms with Crippen molar-refractivity contribution in [1.82, 2.24) is 10.2 Å². The van der Waals surface area contributed by atoms with Crippen molar-refractivity contribution in [3.05, 3.63) is 41.1 Å². The topological polar surface area (TPSA) is 61.4 Å². The largest absolute Gasteiger partial charge is 0.360 e. The number of benzene rings is 1. The van der Waals surface area contributed by atoms with Gasteiger partial charge in [-0.2, -0.15) is 0 Å². The van der Waals surface area contributed by atoms with Gasteiger partial charge in [0.2, 0.25) is 0 Å². The summed E-state index contributed by atoms with van der Waals surface area (Å²) in [7, 11) is 0. The summed E-state index contributed by atoms with van der Waals surface area (Å²) in [5.41, 5.74) is 0.620. The van der Waals surface area contributed by atoms with Gasteiger partial charge >= 0.3 is 0 Å². The molecule has 0 aliphatic carbocycles. The summed E-state index contributed by atoms with van der Waals surface area (Å²) >= 11 is 10.9. The third kappa shape index (κ3) is 4.03. The van der Waals surface area contributed by atoms with E-state index in [0.29, 0.717) is 28.9 Å². The number of hydrogen-bond acceptors (Lipinski definition) is 3. The predicted molar refractivity (Wildman–Crippen MR) is 86.2 cm³/mol. The van der Waals surface area contributed by atoms with Gasteiger partial charge in [-0.05, 0) is 43.4 Å². The van der Waals surface area contributed by atoms with Crippen LogP contribution in [0.25, 0.3) is 0 Å². The standard InChI is InChI=1S/C14H14ClN3O2S/c1-9(19)12(8-18-7-6-16-14(18)21)13(20)17-11-4-2-10(15)3-5-11/h2-5,8H,6-7H2,1H3,(H,16,21)(H,17,20)/b12-8-. The maximum absolute atomic E-state index is 12.2. The first kappa shape index (κ1) is 15.5. The fraction of sp³-hybridized carbons (Fsp3) is 0.214. The van der Waals surface area contributed by atoms with Crippen molar-refractivity contribution in [2.24, 2.45) is 0 Å². The van der Waals surface area contributed by atoms with Gasteiger partial charge in [-0.1, -0.05) is 11.6 Å². The first-order chi connectivity index (χ1) is 9.97. The first-order valence-corrected chi connectivity index (χ1v) is 7.10. The number of nitrogens with one attached hydrogen (secondary N) is 2. The molecule has 5 nitrogen and oxygen atoms in total. The van der Waals surface area contributed by atoms with Crippen LogP contribution in [-0.2, 0) is 9.59 Å². The smallest absolute Gasteiger partial charge is 0.260 e. The van der Waals surface area contributed by atoms with Crippen molar-refractivity contribution in [3.8, 4) is 0 Å². The Hall–Kier alpha value is -1.92. The highest BCUT2D eigenvalue weighted by atomic mass is 35.5. The molecule has 1 fully saturated rings. The molecule has 1 saturated heterocycles. The average Bonchev–Trinajstić information content (AvgIpc) is 2.83. The Labute approximate surface area is 133 Å². The lowest BCUT2D eigenvalue weighted by Gasteiger charge is -2.13. The third-order valence-corrected chi connectivity index (χ3v) is 3.53. The van der Waals surface area contributed by atoms with Crippen molar-refractivity contribution in [2.75, 3.05) is 18.4 Å². The van der Waals surface area contributed by atoms with Gasteiger partial charge in [-0.3, -0.25) is 9.59 Å². The molecule has 1 aliphatic heterocycles. The number of carbonyl (C=O) groups is 2. The van der Waals surface area contributed by atoms with E-state index in [2.05, 4.69) is 10.6 Å². The van der Waals surface area contributed by atoms with Crippen LogP contribution in [0.2, 0.25) is 5.02 Å². The molecular formula is C14H14ClN3O2S. The molecule has 0 aromatic heterocycles. The van der Waals surface area contributed by atoms with Crippen LogP contribution < -0.4 is 10.6 Å². The maximum Gasteiger partial charge on any atom is 0.260 e. The van der Waals surface area contributed by atoms with Gasteiger partial charge in [0.25, 0.3) is 5.91 Å². The molecule has 1 aliphatic rings. The van der Waals surface area contributed by atoms with Gasteiger partial charge < -0.3 is 15.5 Å². The Morgan fingerprint density at radius 1 is 1.38 bits per heavy atom. The van der Waals surface area contributed by atoms with Crippen LogP contribution in [0.4, 0.5) is 5.69 Å². The molecule has 21 heavy (non-hydrogen) atoms. The molecular weight excluding hydrogens is 310 g/mol. The van der Waals surface area contributed by atoms with Crippen molar-refractivity contribution in [2.45, 2.75) is 6.92 Å². The Morgan fingerprint density at radius 3 is 2.57 bits per heavy atom. The zero-order valence-corrected chi connectivity index (χ0v) is 12.9. The number of Topliss-reactive ketones (excluding diaryl/α,β-unsaturated/α-hetero) is 1. The first-order valence-electron chi connectivity index (χ1n) is 6.31. The highest BCUT2D eigenvalue weighted by molar-refractivity contribution is 7.80. The molecule has 1 heterocycles. The van der Waals surface area contributed by atoms with E-state index in [0.717, 1.165) is 0 Å². The fourth-order valence-corrected chi connectivity index (χ4v) is 2.18. The minimum absolute atomic E-state index is 0.0519. The second-order valence-corrected chi connectivity index (χ2v) is 5.31. The molecule has 2 rings (SSSR count). The molecule has 0 radical (unpaired) electrons. The van der Waals surface area contributed by atoms with Gasteiger partial charge in [0.15, 0.2) is 10.9 Å². The number of nitrogens with zero attached hydrogens (tertiary/aromatic N) is 1. The number of amides is 1. The number of rotatable bonds is 4. The SMILES string of the molecule is CC(=O)/C(=C/N1CCNC1=S)C(=O)Nc1ccc(Cl)cc1. The van der Waals surface area contributed by atoms with E-state index in [4.69, 9.17) is 23.8 Å². The van der Waals surface area contributed by atoms with Crippen LogP contribution in [0.15, 0.2) is 36.0 Å². The summed E-state index contributed by atoms with van der Waals surface area (Å²) in [6.07, 6.45) is 1.48. The quantitative estimate of drug-likeness (QED) is 0.384. The number of halogens is 1. The number of anilines is 1. The molecule has 0 atom stereocenters. The summed E-state index contributed by atoms with van der Waals surface area (Å²) in [6, 6.07) is 6.65. The molecule has 110 valence electrons. The summed E-state index contributed by atoms with van der Waals surface area (Å²) < 4.78 is 0. The second kappa shape index (κ2) is 6.69. The maximum atomic E-state index is 12.2. The van der Waals surface area contributed by atoms with Crippen LogP contribution in [0.3, 0.4) is 0 Å². The highest BCUT2D eigenvalue weighted by Crippen LogP contribution is 2.15. The van der Waals surface area contributed by atoms with Crippen molar-refractivity contribution in [1.29, 1.82) is 0 Å². The van der Waals surface area contributed by atoms with Crippen LogP contribution >= 0.6 is 23.8 Å². The molecule has 0 saturated carbocycles. The lowest BCUT2D eigenvalue weighted by Crippen LogP contribution is -2.27. The summed E-state index contributed by atoms with van der Waals surface area (Å²) in [5, 5.41) is 6.71. The Balaban J connectivity index is 2.16. The van der Waals surface area contributed by atoms with E-state index in [9.17, 15) is 9.59 Å². The van der Waals surface area contributed by atoms with Crippen molar-refractivity contribution < 1.29 is 9.59 Å². The Bertz CT molecular complexity index is 613. The van der Waals surface area contributed by atoms with Gasteiger partial charge in [0, 0.05) is 30.0 Å². The third-order valence-electron chi connectivity index (χ3n) is 2.90. The molecule has 0 unspecified atom stereocenters. The lowest BCUT2D eigenvalue weighted by molar-refractivity contribution is -0.119. The van der Waals surface area contributed by atoms with Gasteiger partial charge in [0.1, 0.15) is 0 Å². The van der Waals surface area contributed by atoms with E-state index >= 15 is 0 Å². The second-order valence-electron chi connectivity index (χ2n) is 4.49. The number of hydrogen-bond donors (Lipinski definition) is 2. The minimum Gasteiger partial charge on any atom is -0.360 e. The highest BCUT2D eigenvalue weighted by Gasteiger charge is 2.20. The monoisotopic (exact) mass is 323 g/mol. The Kier molecular flexibility index (Phi) is 4.93. The molecule has 1 aromatic carbocycles. The predicted octanol–water partition coefficient (Wildman–Crippen LogP) is 1.94. The van der Waals surface area contributed by atoms with Gasteiger partial charge in [-0.25, -0.2) is 0 Å². The number of thiocarbonyl (C=S) groups is 1. The zero-order valence-electron chi connectivity index (χ0n) is 11.4. The lowest BCUT2D eigenvalue weighted by atomic mass is 10.1. The summed E-state index contributed by atoms with van der Waals surface area (Å²) in [5.74, 6) is -0.796. The van der Waals surface area contributed by atoms with Crippen LogP contribution in [0.5, 0.6) is 0 Å². The van der Waals surface area contributed by atoms with E-state index in [1.807, 2.05) is 0 Å². The van der Waals surface area contributed by atoms with Crippen molar-refractivity contribution in [3.63, 3.8) is 0 Å². The summed E-state index contributed by atoms with van der Waals surface area (Å²) in [6.45, 7) is 2.67. The Morgan fingerprint density at radius 2 is 2.05 bits per heavy atom. The van der Waals surface area contributed by atoms with E-state index in [-0.39, 0.29) is 11.4 Å². The van der Waals surface area contributed by atoms with Gasteiger partial charge in [-0.15, -0.1) is 0 Å². The van der Waals surface area contributed by atoms with Crippen LogP contribution in [0, 0.1) is 0 Å². The average molecular weight is 324 g/mol. The zero-order chi connectivity index (χ0) is 15.4. The molecule has 2 N–H and O–H groups in total. The fourth-order valence-electron chi connectivity index (χ4n) is 1.81.